The molecule has 0 amide bonds. The monoisotopic (exact) mass is 305 g/mol. The second-order valence-electron chi connectivity index (χ2n) is 5.31. The van der Waals surface area contributed by atoms with Gasteiger partial charge in [0.05, 0.1) is 5.52 Å². The van der Waals surface area contributed by atoms with Crippen molar-refractivity contribution in [1.29, 1.82) is 0 Å². The lowest BCUT2D eigenvalue weighted by atomic mass is 10.0. The van der Waals surface area contributed by atoms with Gasteiger partial charge in [0.25, 0.3) is 0 Å². The number of hydrogen-bond donors (Lipinski definition) is 0. The molecule has 0 aliphatic rings. The molecule has 0 saturated heterocycles. The Morgan fingerprint density at radius 1 is 0.636 bits per heavy atom. The zero-order chi connectivity index (χ0) is 14.1. The molecular formula is C20H16ClN. The summed E-state index contributed by atoms with van der Waals surface area (Å²) in [5.41, 5.74) is 3.51. The maximum absolute atomic E-state index is 4.78. The minimum Gasteiger partial charge on any atom is -0.252 e. The Labute approximate surface area is 136 Å². The van der Waals surface area contributed by atoms with Crippen molar-refractivity contribution in [3.05, 3.63) is 90.1 Å². The molecule has 0 aliphatic carbocycles. The van der Waals surface area contributed by atoms with Crippen LogP contribution in [0.25, 0.3) is 21.7 Å². The third kappa shape index (κ3) is 2.68. The van der Waals surface area contributed by atoms with Crippen LogP contribution in [0.3, 0.4) is 0 Å². The van der Waals surface area contributed by atoms with Crippen molar-refractivity contribution < 1.29 is 0 Å². The molecule has 0 saturated carbocycles. The predicted octanol–water partition coefficient (Wildman–Crippen LogP) is 5.40. The second-order valence-corrected chi connectivity index (χ2v) is 5.31. The standard InChI is InChI=1S/C20H15N.ClH/c1-3-10-19-15(6-1)8-5-9-17(19)14-18-13-12-16-7-2-4-11-20(16)21-18;/h1-13H,14H2;1H. The van der Waals surface area contributed by atoms with Gasteiger partial charge in [-0.05, 0) is 28.5 Å². The average Bonchev–Trinajstić information content (AvgIpc) is 2.55. The minimum atomic E-state index is 0. The van der Waals surface area contributed by atoms with Crippen molar-refractivity contribution in [2.24, 2.45) is 0 Å². The van der Waals surface area contributed by atoms with Crippen LogP contribution in [0.1, 0.15) is 11.3 Å². The van der Waals surface area contributed by atoms with Crippen molar-refractivity contribution in [2.45, 2.75) is 6.42 Å². The molecule has 22 heavy (non-hydrogen) atoms. The van der Waals surface area contributed by atoms with Gasteiger partial charge in [0.2, 0.25) is 0 Å². The van der Waals surface area contributed by atoms with E-state index in [1.54, 1.807) is 0 Å². The first kappa shape index (κ1) is 14.6. The van der Waals surface area contributed by atoms with Crippen LogP contribution >= 0.6 is 12.4 Å². The molecule has 4 aromatic rings. The first-order chi connectivity index (χ1) is 10.4. The molecule has 3 aromatic carbocycles. The molecule has 0 N–H and O–H groups in total. The fourth-order valence-electron chi connectivity index (χ4n) is 2.85. The van der Waals surface area contributed by atoms with Crippen LogP contribution in [-0.2, 0) is 6.42 Å². The Hall–Kier alpha value is -2.38. The summed E-state index contributed by atoms with van der Waals surface area (Å²) in [5.74, 6) is 0. The average molecular weight is 306 g/mol. The molecule has 0 bridgehead atoms. The Balaban J connectivity index is 0.00000144. The summed E-state index contributed by atoms with van der Waals surface area (Å²) in [6.45, 7) is 0. The van der Waals surface area contributed by atoms with Crippen LogP contribution in [0.5, 0.6) is 0 Å². The number of pyridine rings is 1. The molecule has 1 heterocycles. The summed E-state index contributed by atoms with van der Waals surface area (Å²) in [7, 11) is 0. The van der Waals surface area contributed by atoms with Crippen molar-refractivity contribution >= 4 is 34.1 Å². The summed E-state index contributed by atoms with van der Waals surface area (Å²) in [6, 6.07) is 27.5. The van der Waals surface area contributed by atoms with Crippen LogP contribution in [0.15, 0.2) is 78.9 Å². The summed E-state index contributed by atoms with van der Waals surface area (Å²) in [6.07, 6.45) is 0.867. The number of para-hydroxylation sites is 1. The number of aromatic nitrogens is 1. The Morgan fingerprint density at radius 2 is 1.36 bits per heavy atom. The zero-order valence-electron chi connectivity index (χ0n) is 12.1. The number of benzene rings is 3. The largest absolute Gasteiger partial charge is 0.252 e. The first-order valence-electron chi connectivity index (χ1n) is 7.21. The molecule has 0 unspecified atom stereocenters. The van der Waals surface area contributed by atoms with E-state index in [9.17, 15) is 0 Å². The minimum absolute atomic E-state index is 0. The number of fused-ring (bicyclic) bond motifs is 2. The van der Waals surface area contributed by atoms with Gasteiger partial charge in [-0.1, -0.05) is 66.7 Å². The van der Waals surface area contributed by atoms with Gasteiger partial charge < -0.3 is 0 Å². The molecule has 4 rings (SSSR count). The highest BCUT2D eigenvalue weighted by molar-refractivity contribution is 5.86. The van der Waals surface area contributed by atoms with Gasteiger partial charge in [0.15, 0.2) is 0 Å². The van der Waals surface area contributed by atoms with Crippen LogP contribution < -0.4 is 0 Å². The molecule has 108 valence electrons. The van der Waals surface area contributed by atoms with E-state index in [1.165, 1.54) is 21.7 Å². The molecule has 0 fully saturated rings. The highest BCUT2D eigenvalue weighted by Gasteiger charge is 2.03. The molecule has 0 aliphatic heterocycles. The maximum atomic E-state index is 4.78. The third-order valence-electron chi connectivity index (χ3n) is 3.91. The van der Waals surface area contributed by atoms with Gasteiger partial charge >= 0.3 is 0 Å². The van der Waals surface area contributed by atoms with Crippen LogP contribution in [-0.4, -0.2) is 4.98 Å². The van der Waals surface area contributed by atoms with Crippen molar-refractivity contribution in [3.8, 4) is 0 Å². The smallest absolute Gasteiger partial charge is 0.0705 e. The summed E-state index contributed by atoms with van der Waals surface area (Å²) < 4.78 is 0. The summed E-state index contributed by atoms with van der Waals surface area (Å²) in [4.78, 5) is 4.78. The maximum Gasteiger partial charge on any atom is 0.0705 e. The predicted molar refractivity (Wildman–Crippen MR) is 95.7 cm³/mol. The van der Waals surface area contributed by atoms with Gasteiger partial charge in [-0.15, -0.1) is 12.4 Å². The van der Waals surface area contributed by atoms with Crippen molar-refractivity contribution in [3.63, 3.8) is 0 Å². The lowest BCUT2D eigenvalue weighted by molar-refractivity contribution is 1.11. The molecule has 0 radical (unpaired) electrons. The van der Waals surface area contributed by atoms with E-state index in [1.807, 2.05) is 12.1 Å². The fourth-order valence-corrected chi connectivity index (χ4v) is 2.85. The van der Waals surface area contributed by atoms with E-state index in [-0.39, 0.29) is 12.4 Å². The SMILES string of the molecule is Cl.c1ccc2nc(Cc3cccc4ccccc34)ccc2c1. The molecule has 1 aromatic heterocycles. The van der Waals surface area contributed by atoms with Gasteiger partial charge in [-0.25, -0.2) is 0 Å². The van der Waals surface area contributed by atoms with Gasteiger partial charge in [-0.3, -0.25) is 4.98 Å². The number of hydrogen-bond acceptors (Lipinski definition) is 1. The quantitative estimate of drug-likeness (QED) is 0.483. The fraction of sp³-hybridized carbons (Fsp3) is 0.0500. The van der Waals surface area contributed by atoms with Gasteiger partial charge in [0, 0.05) is 17.5 Å². The molecule has 0 atom stereocenters. The molecule has 0 spiro atoms. The third-order valence-corrected chi connectivity index (χ3v) is 3.91. The summed E-state index contributed by atoms with van der Waals surface area (Å²) in [5, 5.41) is 3.80. The number of nitrogens with zero attached hydrogens (tertiary/aromatic N) is 1. The van der Waals surface area contributed by atoms with E-state index in [4.69, 9.17) is 4.98 Å². The van der Waals surface area contributed by atoms with E-state index in [0.717, 1.165) is 17.6 Å². The lowest BCUT2D eigenvalue weighted by Gasteiger charge is -2.07. The first-order valence-corrected chi connectivity index (χ1v) is 7.21. The van der Waals surface area contributed by atoms with Crippen molar-refractivity contribution in [1.82, 2.24) is 4.98 Å². The number of halogens is 1. The van der Waals surface area contributed by atoms with Crippen LogP contribution in [0, 0.1) is 0 Å². The molecule has 1 nitrogen and oxygen atoms in total. The Bertz CT molecular complexity index is 925. The zero-order valence-corrected chi connectivity index (χ0v) is 12.9. The normalized spacial score (nSPS) is 10.5. The number of rotatable bonds is 2. The van der Waals surface area contributed by atoms with E-state index in [0.29, 0.717) is 0 Å². The van der Waals surface area contributed by atoms with Gasteiger partial charge in [0.1, 0.15) is 0 Å². The molecule has 2 heteroatoms. The summed E-state index contributed by atoms with van der Waals surface area (Å²) >= 11 is 0. The van der Waals surface area contributed by atoms with E-state index < -0.39 is 0 Å². The van der Waals surface area contributed by atoms with Crippen LogP contribution in [0.2, 0.25) is 0 Å². The Morgan fingerprint density at radius 3 is 2.27 bits per heavy atom. The second kappa shape index (κ2) is 6.17. The highest BCUT2D eigenvalue weighted by Crippen LogP contribution is 2.21. The topological polar surface area (TPSA) is 12.9 Å². The van der Waals surface area contributed by atoms with E-state index >= 15 is 0 Å². The van der Waals surface area contributed by atoms with Crippen molar-refractivity contribution in [2.75, 3.05) is 0 Å². The van der Waals surface area contributed by atoms with Gasteiger partial charge in [-0.2, -0.15) is 0 Å². The van der Waals surface area contributed by atoms with E-state index in [2.05, 4.69) is 66.7 Å². The highest BCUT2D eigenvalue weighted by atomic mass is 35.5. The van der Waals surface area contributed by atoms with Crippen LogP contribution in [0.4, 0.5) is 0 Å². The Kier molecular flexibility index (Phi) is 4.08. The lowest BCUT2D eigenvalue weighted by Crippen LogP contribution is -1.93. The molecular weight excluding hydrogens is 290 g/mol.